The molecule has 1 saturated heterocycles. The lowest BCUT2D eigenvalue weighted by Crippen LogP contribution is -2.24. The Morgan fingerprint density at radius 3 is 2.50 bits per heavy atom. The zero-order valence-electron chi connectivity index (χ0n) is 10.3. The van der Waals surface area contributed by atoms with E-state index < -0.39 is 0 Å². The average molecular weight is 217 g/mol. The summed E-state index contributed by atoms with van der Waals surface area (Å²) >= 11 is 0. The first-order valence-corrected chi connectivity index (χ1v) is 6.11. The molecular formula is C13H19N3. The van der Waals surface area contributed by atoms with E-state index in [0.717, 1.165) is 23.3 Å². The van der Waals surface area contributed by atoms with Crippen molar-refractivity contribution in [3.63, 3.8) is 0 Å². The maximum atomic E-state index is 4.74. The molecule has 1 aromatic heterocycles. The van der Waals surface area contributed by atoms with Crippen LogP contribution in [0.4, 0.5) is 5.82 Å². The Labute approximate surface area is 96.9 Å². The minimum atomic E-state index is 0.0889. The lowest BCUT2D eigenvalue weighted by molar-refractivity contribution is 0.564. The summed E-state index contributed by atoms with van der Waals surface area (Å²) in [6, 6.07) is 0. The van der Waals surface area contributed by atoms with Crippen molar-refractivity contribution < 1.29 is 0 Å². The van der Waals surface area contributed by atoms with Crippen LogP contribution in [0.15, 0.2) is 12.4 Å². The number of aromatic nitrogens is 2. The van der Waals surface area contributed by atoms with Crippen LogP contribution in [0.1, 0.15) is 32.9 Å². The van der Waals surface area contributed by atoms with E-state index in [1.165, 1.54) is 19.5 Å². The lowest BCUT2D eigenvalue weighted by Gasteiger charge is -2.22. The molecule has 1 aromatic rings. The molecule has 2 heterocycles. The van der Waals surface area contributed by atoms with Gasteiger partial charge in [-0.05, 0) is 18.3 Å². The van der Waals surface area contributed by atoms with Crippen LogP contribution < -0.4 is 4.90 Å². The zero-order valence-corrected chi connectivity index (χ0v) is 10.3. The third-order valence-corrected chi connectivity index (χ3v) is 3.69. The van der Waals surface area contributed by atoms with Crippen molar-refractivity contribution in [1.82, 2.24) is 9.97 Å². The number of fused-ring (bicyclic) bond motifs is 1. The van der Waals surface area contributed by atoms with Crippen molar-refractivity contribution in [1.29, 1.82) is 0 Å². The number of hydrogen-bond acceptors (Lipinski definition) is 3. The summed E-state index contributed by atoms with van der Waals surface area (Å²) in [7, 11) is 0. The molecule has 86 valence electrons. The van der Waals surface area contributed by atoms with Crippen LogP contribution in [0, 0.1) is 11.8 Å². The van der Waals surface area contributed by atoms with Gasteiger partial charge in [0.2, 0.25) is 0 Å². The maximum Gasteiger partial charge on any atom is 0.147 e. The Morgan fingerprint density at radius 2 is 1.88 bits per heavy atom. The van der Waals surface area contributed by atoms with Crippen molar-refractivity contribution in [3.05, 3.63) is 18.1 Å². The first-order chi connectivity index (χ1) is 7.54. The number of rotatable bonds is 1. The molecule has 0 N–H and O–H groups in total. The van der Waals surface area contributed by atoms with Crippen LogP contribution in [0.5, 0.6) is 0 Å². The second-order valence-electron chi connectivity index (χ2n) is 6.17. The highest BCUT2D eigenvalue weighted by molar-refractivity contribution is 5.40. The molecule has 3 nitrogen and oxygen atoms in total. The van der Waals surface area contributed by atoms with Gasteiger partial charge in [0.25, 0.3) is 0 Å². The Balaban J connectivity index is 1.85. The van der Waals surface area contributed by atoms with Crippen LogP contribution in [0.25, 0.3) is 0 Å². The van der Waals surface area contributed by atoms with E-state index >= 15 is 0 Å². The molecule has 2 unspecified atom stereocenters. The molecule has 0 amide bonds. The Kier molecular flexibility index (Phi) is 2.00. The summed E-state index contributed by atoms with van der Waals surface area (Å²) in [5, 5.41) is 0. The van der Waals surface area contributed by atoms with Gasteiger partial charge in [0.05, 0.1) is 11.9 Å². The molecule has 1 aliphatic carbocycles. The van der Waals surface area contributed by atoms with Gasteiger partial charge in [0.1, 0.15) is 5.82 Å². The lowest BCUT2D eigenvalue weighted by atomic mass is 9.93. The van der Waals surface area contributed by atoms with Crippen molar-refractivity contribution in [2.45, 2.75) is 32.6 Å². The molecule has 1 aliphatic heterocycles. The highest BCUT2D eigenvalue weighted by atomic mass is 15.2. The fraction of sp³-hybridized carbons (Fsp3) is 0.692. The van der Waals surface area contributed by atoms with Gasteiger partial charge in [-0.25, -0.2) is 4.98 Å². The van der Waals surface area contributed by atoms with Gasteiger partial charge >= 0.3 is 0 Å². The van der Waals surface area contributed by atoms with Gasteiger partial charge in [0, 0.05) is 24.7 Å². The van der Waals surface area contributed by atoms with Crippen LogP contribution >= 0.6 is 0 Å². The topological polar surface area (TPSA) is 29.0 Å². The molecule has 2 atom stereocenters. The third kappa shape index (κ3) is 1.68. The van der Waals surface area contributed by atoms with Gasteiger partial charge in [-0.15, -0.1) is 0 Å². The monoisotopic (exact) mass is 217 g/mol. The van der Waals surface area contributed by atoms with Gasteiger partial charge in [0.15, 0.2) is 0 Å². The smallest absolute Gasteiger partial charge is 0.147 e. The highest BCUT2D eigenvalue weighted by Crippen LogP contribution is 2.45. The van der Waals surface area contributed by atoms with E-state index in [1.54, 1.807) is 0 Å². The normalized spacial score (nSPS) is 28.1. The molecule has 0 radical (unpaired) electrons. The van der Waals surface area contributed by atoms with Gasteiger partial charge in [-0.1, -0.05) is 20.8 Å². The summed E-state index contributed by atoms with van der Waals surface area (Å²) in [6.45, 7) is 8.92. The molecule has 3 rings (SSSR count). The predicted molar refractivity (Wildman–Crippen MR) is 64.5 cm³/mol. The molecule has 2 fully saturated rings. The van der Waals surface area contributed by atoms with Crippen LogP contribution in [-0.4, -0.2) is 23.1 Å². The first-order valence-electron chi connectivity index (χ1n) is 6.11. The van der Waals surface area contributed by atoms with E-state index in [9.17, 15) is 0 Å². The minimum absolute atomic E-state index is 0.0889. The largest absolute Gasteiger partial charge is 0.355 e. The van der Waals surface area contributed by atoms with Crippen LogP contribution in [0.2, 0.25) is 0 Å². The highest BCUT2D eigenvalue weighted by Gasteiger charge is 2.45. The molecule has 0 spiro atoms. The Hall–Kier alpha value is -1.12. The van der Waals surface area contributed by atoms with Gasteiger partial charge in [-0.2, -0.15) is 0 Å². The van der Waals surface area contributed by atoms with Crippen molar-refractivity contribution >= 4 is 5.82 Å². The fourth-order valence-corrected chi connectivity index (χ4v) is 2.45. The number of hydrogen-bond donors (Lipinski definition) is 0. The molecule has 0 bridgehead atoms. The summed E-state index contributed by atoms with van der Waals surface area (Å²) in [5.74, 6) is 2.96. The second kappa shape index (κ2) is 3.19. The maximum absolute atomic E-state index is 4.74. The third-order valence-electron chi connectivity index (χ3n) is 3.69. The molecular weight excluding hydrogens is 198 g/mol. The van der Waals surface area contributed by atoms with Crippen molar-refractivity contribution in [2.75, 3.05) is 18.0 Å². The Morgan fingerprint density at radius 1 is 1.19 bits per heavy atom. The van der Waals surface area contributed by atoms with Gasteiger partial charge in [-0.3, -0.25) is 4.98 Å². The summed E-state index contributed by atoms with van der Waals surface area (Å²) in [5.41, 5.74) is 1.18. The molecule has 3 heteroatoms. The standard InChI is InChI=1S/C13H19N3/c1-13(2,3)11-5-14-6-12(15-11)16-7-9-4-10(9)8-16/h5-6,9-10H,4,7-8H2,1-3H3. The minimum Gasteiger partial charge on any atom is -0.355 e. The van der Waals surface area contributed by atoms with E-state index in [4.69, 9.17) is 4.98 Å². The second-order valence-corrected chi connectivity index (χ2v) is 6.17. The Bertz CT molecular complexity index is 398. The summed E-state index contributed by atoms with van der Waals surface area (Å²) in [6.07, 6.45) is 5.23. The van der Waals surface area contributed by atoms with E-state index in [1.807, 2.05) is 12.4 Å². The summed E-state index contributed by atoms with van der Waals surface area (Å²) < 4.78 is 0. The average Bonchev–Trinajstić information content (AvgIpc) is 2.85. The fourth-order valence-electron chi connectivity index (χ4n) is 2.45. The number of anilines is 1. The molecule has 1 saturated carbocycles. The first kappa shape index (κ1) is 10.1. The molecule has 0 aromatic carbocycles. The van der Waals surface area contributed by atoms with E-state index in [0.29, 0.717) is 0 Å². The SMILES string of the molecule is CC(C)(C)c1cncc(N2CC3CC3C2)n1. The number of piperidine rings is 1. The van der Waals surface area contributed by atoms with E-state index in [2.05, 4.69) is 30.7 Å². The van der Waals surface area contributed by atoms with Crippen LogP contribution in [-0.2, 0) is 5.41 Å². The number of nitrogens with zero attached hydrogens (tertiary/aromatic N) is 3. The van der Waals surface area contributed by atoms with E-state index in [-0.39, 0.29) is 5.41 Å². The predicted octanol–water partition coefficient (Wildman–Crippen LogP) is 2.23. The molecule has 2 aliphatic rings. The van der Waals surface area contributed by atoms with Crippen molar-refractivity contribution in [3.8, 4) is 0 Å². The van der Waals surface area contributed by atoms with Crippen LogP contribution in [0.3, 0.4) is 0 Å². The molecule has 16 heavy (non-hydrogen) atoms. The zero-order chi connectivity index (χ0) is 11.3. The van der Waals surface area contributed by atoms with Crippen molar-refractivity contribution in [2.24, 2.45) is 11.8 Å². The van der Waals surface area contributed by atoms with Gasteiger partial charge < -0.3 is 4.90 Å². The summed E-state index contributed by atoms with van der Waals surface area (Å²) in [4.78, 5) is 11.5. The quantitative estimate of drug-likeness (QED) is 0.722.